The van der Waals surface area contributed by atoms with Crippen LogP contribution in [0, 0.1) is 18.3 Å². The van der Waals surface area contributed by atoms with Crippen LogP contribution in [-0.2, 0) is 14.6 Å². The molecule has 0 aliphatic rings. The second kappa shape index (κ2) is 11.5. The number of nitriles is 1. The van der Waals surface area contributed by atoms with E-state index in [1.807, 2.05) is 37.3 Å². The number of carbonyl (C=O) groups is 1. The number of aryl methyl sites for hydroxylation is 1. The predicted molar refractivity (Wildman–Crippen MR) is 130 cm³/mol. The van der Waals surface area contributed by atoms with Crippen LogP contribution in [0.5, 0.6) is 17.2 Å². The maximum Gasteiger partial charge on any atom is 0.268 e. The zero-order valence-corrected chi connectivity index (χ0v) is 20.8. The Kier molecular flexibility index (Phi) is 8.40. The summed E-state index contributed by atoms with van der Waals surface area (Å²) in [5.41, 5.74) is 1.44. The molecule has 35 heavy (non-hydrogen) atoms. The molecule has 1 aromatic heterocycles. The van der Waals surface area contributed by atoms with Crippen LogP contribution in [0.2, 0.25) is 0 Å². The molecule has 0 aliphatic heterocycles. The minimum Gasteiger partial charge on any atom is -0.493 e. The molecule has 0 aliphatic carbocycles. The van der Waals surface area contributed by atoms with E-state index in [-0.39, 0.29) is 17.3 Å². The van der Waals surface area contributed by atoms with Gasteiger partial charge in [-0.25, -0.2) is 8.42 Å². The van der Waals surface area contributed by atoms with Crippen molar-refractivity contribution in [2.45, 2.75) is 12.1 Å². The fourth-order valence-corrected chi connectivity index (χ4v) is 4.17. The number of amides is 1. The number of sulfone groups is 1. The average Bonchev–Trinajstić information content (AvgIpc) is 3.31. The highest BCUT2D eigenvalue weighted by atomic mass is 32.2. The molecule has 0 unspecified atom stereocenters. The summed E-state index contributed by atoms with van der Waals surface area (Å²) in [4.78, 5) is 16.2. The van der Waals surface area contributed by atoms with Gasteiger partial charge >= 0.3 is 0 Å². The zero-order valence-electron chi connectivity index (χ0n) is 19.1. The van der Waals surface area contributed by atoms with E-state index in [1.54, 1.807) is 18.2 Å². The maximum absolute atomic E-state index is 12.5. The summed E-state index contributed by atoms with van der Waals surface area (Å²) in [5.74, 6) is 0.877. The minimum absolute atomic E-state index is 0.0363. The molecule has 0 spiro atoms. The van der Waals surface area contributed by atoms with E-state index in [2.05, 4.69) is 14.7 Å². The summed E-state index contributed by atoms with van der Waals surface area (Å²) >= 11 is 0.700. The van der Waals surface area contributed by atoms with Crippen molar-refractivity contribution in [1.82, 2.24) is 9.36 Å². The third kappa shape index (κ3) is 7.26. The zero-order chi connectivity index (χ0) is 25.4. The molecule has 1 amide bonds. The number of aromatic nitrogens is 2. The lowest BCUT2D eigenvalue weighted by atomic mass is 10.1. The summed E-state index contributed by atoms with van der Waals surface area (Å²) in [6, 6.07) is 14.4. The molecule has 0 saturated carbocycles. The van der Waals surface area contributed by atoms with Crippen LogP contribution >= 0.6 is 11.5 Å². The number of rotatable bonds is 10. The van der Waals surface area contributed by atoms with E-state index in [1.165, 1.54) is 13.2 Å². The highest BCUT2D eigenvalue weighted by Gasteiger charge is 2.17. The fraction of sp³-hybridized carbons (Fsp3) is 0.217. The van der Waals surface area contributed by atoms with E-state index >= 15 is 0 Å². The van der Waals surface area contributed by atoms with Crippen LogP contribution in [0.3, 0.4) is 0 Å². The Labute approximate surface area is 206 Å². The Morgan fingerprint density at radius 3 is 2.49 bits per heavy atom. The van der Waals surface area contributed by atoms with Crippen LogP contribution in [0.1, 0.15) is 11.1 Å². The van der Waals surface area contributed by atoms with Crippen molar-refractivity contribution in [2.24, 2.45) is 0 Å². The molecule has 182 valence electrons. The van der Waals surface area contributed by atoms with Crippen molar-refractivity contribution in [3.05, 3.63) is 59.2 Å². The van der Waals surface area contributed by atoms with Gasteiger partial charge in [0.2, 0.25) is 15.0 Å². The SMILES string of the molecule is COc1cc(C=C(C#N)C(=O)Nc2nc(S(C)(=O)=O)ns2)ccc1OCCOc1ccc(C)cc1. The molecular weight excluding hydrogens is 492 g/mol. The van der Waals surface area contributed by atoms with Gasteiger partial charge in [0.15, 0.2) is 11.5 Å². The first kappa shape index (κ1) is 25.7. The quantitative estimate of drug-likeness (QED) is 0.245. The third-order valence-corrected chi connectivity index (χ3v) is 6.05. The molecule has 0 radical (unpaired) electrons. The van der Waals surface area contributed by atoms with Gasteiger partial charge in [-0.05, 0) is 42.8 Å². The summed E-state index contributed by atoms with van der Waals surface area (Å²) in [7, 11) is -2.13. The summed E-state index contributed by atoms with van der Waals surface area (Å²) in [6.45, 7) is 2.61. The second-order valence-corrected chi connectivity index (χ2v) is 9.86. The molecule has 0 atom stereocenters. The van der Waals surface area contributed by atoms with Crippen LogP contribution in [-0.4, -0.2) is 50.3 Å². The standard InChI is InChI=1S/C23H22N4O6S2/c1-15-4-7-18(8-5-15)32-10-11-33-19-9-6-16(13-20(19)31-2)12-17(14-24)21(28)25-22-26-23(27-34-22)35(3,29)30/h4-9,12-13H,10-11H2,1-3H3,(H,25,26,27,28). The third-order valence-electron chi connectivity index (χ3n) is 4.45. The lowest BCUT2D eigenvalue weighted by Gasteiger charge is -2.12. The largest absolute Gasteiger partial charge is 0.493 e. The highest BCUT2D eigenvalue weighted by Crippen LogP contribution is 2.29. The molecule has 3 rings (SSSR count). The Morgan fingerprint density at radius 1 is 1.14 bits per heavy atom. The summed E-state index contributed by atoms with van der Waals surface area (Å²) in [6.07, 6.45) is 2.32. The van der Waals surface area contributed by atoms with Crippen LogP contribution in [0.4, 0.5) is 5.13 Å². The van der Waals surface area contributed by atoms with Crippen molar-refractivity contribution in [3.8, 4) is 23.3 Å². The second-order valence-electron chi connectivity index (χ2n) is 7.20. The number of nitrogens with one attached hydrogen (secondary N) is 1. The topological polar surface area (TPSA) is 140 Å². The molecule has 0 bridgehead atoms. The van der Waals surface area contributed by atoms with Gasteiger partial charge in [0, 0.05) is 17.8 Å². The van der Waals surface area contributed by atoms with Gasteiger partial charge in [0.25, 0.3) is 11.1 Å². The van der Waals surface area contributed by atoms with E-state index < -0.39 is 20.9 Å². The van der Waals surface area contributed by atoms with Crippen molar-refractivity contribution >= 4 is 38.5 Å². The van der Waals surface area contributed by atoms with E-state index in [0.29, 0.717) is 35.2 Å². The Balaban J connectivity index is 1.64. The average molecular weight is 515 g/mol. The molecule has 1 heterocycles. The van der Waals surface area contributed by atoms with Crippen molar-refractivity contribution in [1.29, 1.82) is 5.26 Å². The fourth-order valence-electron chi connectivity index (χ4n) is 2.73. The van der Waals surface area contributed by atoms with Gasteiger partial charge in [-0.3, -0.25) is 10.1 Å². The first-order valence-electron chi connectivity index (χ1n) is 10.2. The smallest absolute Gasteiger partial charge is 0.268 e. The summed E-state index contributed by atoms with van der Waals surface area (Å²) < 4.78 is 43.4. The highest BCUT2D eigenvalue weighted by molar-refractivity contribution is 7.90. The maximum atomic E-state index is 12.5. The van der Waals surface area contributed by atoms with Gasteiger partial charge < -0.3 is 14.2 Å². The van der Waals surface area contributed by atoms with Crippen LogP contribution in [0.15, 0.2) is 53.2 Å². The van der Waals surface area contributed by atoms with Gasteiger partial charge in [0.05, 0.1) is 7.11 Å². The van der Waals surface area contributed by atoms with Gasteiger partial charge in [-0.1, -0.05) is 23.8 Å². The first-order valence-corrected chi connectivity index (χ1v) is 12.8. The Morgan fingerprint density at radius 2 is 1.86 bits per heavy atom. The monoisotopic (exact) mass is 514 g/mol. The van der Waals surface area contributed by atoms with Crippen LogP contribution in [0.25, 0.3) is 6.08 Å². The van der Waals surface area contributed by atoms with Gasteiger partial charge in [-0.15, -0.1) is 0 Å². The van der Waals surface area contributed by atoms with Crippen molar-refractivity contribution in [2.75, 3.05) is 31.9 Å². The lowest BCUT2D eigenvalue weighted by Crippen LogP contribution is -2.13. The van der Waals surface area contributed by atoms with E-state index in [0.717, 1.165) is 17.6 Å². The molecular formula is C23H22N4O6S2. The van der Waals surface area contributed by atoms with E-state index in [4.69, 9.17) is 14.2 Å². The number of hydrogen-bond acceptors (Lipinski definition) is 10. The number of hydrogen-bond donors (Lipinski definition) is 1. The molecule has 0 fully saturated rings. The van der Waals surface area contributed by atoms with Gasteiger partial charge in [-0.2, -0.15) is 14.6 Å². The first-order chi connectivity index (χ1) is 16.7. The molecule has 10 nitrogen and oxygen atoms in total. The van der Waals surface area contributed by atoms with Crippen molar-refractivity contribution in [3.63, 3.8) is 0 Å². The lowest BCUT2D eigenvalue weighted by molar-refractivity contribution is -0.112. The number of nitrogens with zero attached hydrogens (tertiary/aromatic N) is 3. The Bertz CT molecular complexity index is 1380. The number of anilines is 1. The number of methoxy groups -OCH3 is 1. The Hall–Kier alpha value is -3.95. The molecule has 12 heteroatoms. The predicted octanol–water partition coefficient (Wildman–Crippen LogP) is 3.26. The van der Waals surface area contributed by atoms with Gasteiger partial charge in [0.1, 0.15) is 30.6 Å². The van der Waals surface area contributed by atoms with Crippen molar-refractivity contribution < 1.29 is 27.4 Å². The number of carbonyl (C=O) groups excluding carboxylic acids is 1. The summed E-state index contributed by atoms with van der Waals surface area (Å²) in [5, 5.41) is 11.4. The molecule has 3 aromatic rings. The molecule has 2 aromatic carbocycles. The number of ether oxygens (including phenoxy) is 3. The molecule has 1 N–H and O–H groups in total. The minimum atomic E-state index is -3.60. The molecule has 0 saturated heterocycles. The van der Waals surface area contributed by atoms with E-state index in [9.17, 15) is 18.5 Å². The number of benzene rings is 2. The van der Waals surface area contributed by atoms with Crippen LogP contribution < -0.4 is 19.5 Å². The normalized spacial score (nSPS) is 11.4.